The van der Waals surface area contributed by atoms with Crippen LogP contribution < -0.4 is 32.2 Å². The van der Waals surface area contributed by atoms with Crippen LogP contribution in [-0.2, 0) is 26.1 Å². The molecule has 1 fully saturated rings. The normalized spacial score (nSPS) is 13.4. The number of hydrogen-bond acceptors (Lipinski definition) is 13. The summed E-state index contributed by atoms with van der Waals surface area (Å²) >= 11 is 2.74. The summed E-state index contributed by atoms with van der Waals surface area (Å²) in [4.78, 5) is 70.1. The van der Waals surface area contributed by atoms with E-state index in [9.17, 15) is 19.2 Å². The third-order valence-electron chi connectivity index (χ3n) is 10.5. The molecule has 20 heteroatoms. The van der Waals surface area contributed by atoms with Crippen LogP contribution >= 0.6 is 23.1 Å². The number of carbonyl (C=O) groups is 4. The van der Waals surface area contributed by atoms with Gasteiger partial charge in [0.15, 0.2) is 0 Å². The lowest BCUT2D eigenvalue weighted by molar-refractivity contribution is 0.0991. The summed E-state index contributed by atoms with van der Waals surface area (Å²) in [6.07, 6.45) is 7.05. The van der Waals surface area contributed by atoms with E-state index in [0.717, 1.165) is 49.0 Å². The molecule has 1 aliphatic heterocycles. The average Bonchev–Trinajstić information content (AvgIpc) is 4.03. The van der Waals surface area contributed by atoms with Gasteiger partial charge in [0.25, 0.3) is 11.8 Å². The molecule has 0 saturated carbocycles. The topological polar surface area (TPSA) is 235 Å². The van der Waals surface area contributed by atoms with Gasteiger partial charge in [0.2, 0.25) is 23.7 Å². The van der Waals surface area contributed by atoms with Crippen molar-refractivity contribution in [2.45, 2.75) is 65.1 Å². The minimum Gasteiger partial charge on any atom is -0.491 e. The van der Waals surface area contributed by atoms with Gasteiger partial charge in [0.05, 0.1) is 39.6 Å². The number of ether oxygens (including phenoxy) is 1. The molecule has 2 aromatic carbocycles. The fourth-order valence-electron chi connectivity index (χ4n) is 7.50. The number of imidazole rings is 2. The molecule has 5 heterocycles. The van der Waals surface area contributed by atoms with Crippen molar-refractivity contribution in [1.29, 1.82) is 0 Å². The fourth-order valence-corrected chi connectivity index (χ4v) is 9.06. The molecule has 0 atom stereocenters. The Morgan fingerprint density at radius 3 is 2.13 bits per heavy atom. The van der Waals surface area contributed by atoms with Crippen molar-refractivity contribution in [1.82, 2.24) is 44.1 Å². The number of nitrogens with two attached hydrogens (primary N) is 2. The van der Waals surface area contributed by atoms with Crippen LogP contribution in [0.1, 0.15) is 77.5 Å². The fraction of sp³-hybridized carbons (Fsp3) is 0.381. The lowest BCUT2D eigenvalue weighted by Gasteiger charge is -2.27. The van der Waals surface area contributed by atoms with Gasteiger partial charge >= 0.3 is 0 Å². The first-order chi connectivity index (χ1) is 29.9. The first-order valence-corrected chi connectivity index (χ1v) is 22.5. The van der Waals surface area contributed by atoms with Gasteiger partial charge in [0.1, 0.15) is 21.8 Å². The Hall–Kier alpha value is -6.09. The number of anilines is 2. The summed E-state index contributed by atoms with van der Waals surface area (Å²) in [5, 5.41) is 14.6. The second-order valence-electron chi connectivity index (χ2n) is 14.7. The summed E-state index contributed by atoms with van der Waals surface area (Å²) in [6, 6.07) is 8.25. The molecule has 62 heavy (non-hydrogen) atoms. The van der Waals surface area contributed by atoms with E-state index in [-0.39, 0.29) is 36.5 Å². The molecule has 0 bridgehead atoms. The smallest absolute Gasteiger partial charge is 0.276 e. The number of thioether (sulfide) groups is 1. The molecule has 6 aromatic rings. The van der Waals surface area contributed by atoms with Crippen LogP contribution in [-0.4, -0.2) is 108 Å². The molecule has 0 unspecified atom stereocenters. The predicted octanol–water partition coefficient (Wildman–Crippen LogP) is 4.59. The Bertz CT molecular complexity index is 2690. The number of nitrogens with zero attached hydrogens (tertiary/aromatic N) is 8. The summed E-state index contributed by atoms with van der Waals surface area (Å²) < 4.78 is 11.7. The van der Waals surface area contributed by atoms with Crippen LogP contribution in [0.5, 0.6) is 5.75 Å². The number of aromatic nitrogens is 7. The molecule has 0 spiro atoms. The summed E-state index contributed by atoms with van der Waals surface area (Å²) in [6.45, 7) is 13.5. The van der Waals surface area contributed by atoms with Gasteiger partial charge < -0.3 is 35.6 Å². The number of aryl methyl sites for hydroxylation is 4. The van der Waals surface area contributed by atoms with Gasteiger partial charge in [-0.1, -0.05) is 19.1 Å². The van der Waals surface area contributed by atoms with Crippen LogP contribution in [0.25, 0.3) is 22.1 Å². The highest BCUT2D eigenvalue weighted by Gasteiger charge is 2.24. The predicted molar refractivity (Wildman–Crippen MR) is 242 cm³/mol. The zero-order valence-electron chi connectivity index (χ0n) is 35.4. The van der Waals surface area contributed by atoms with Crippen LogP contribution in [0, 0.1) is 13.8 Å². The molecule has 4 aromatic heterocycles. The number of allylic oxidation sites excluding steroid dienone is 2. The number of amides is 4. The number of piperazine rings is 1. The maximum absolute atomic E-state index is 13.8. The van der Waals surface area contributed by atoms with Gasteiger partial charge in [-0.05, 0) is 70.2 Å². The Labute approximate surface area is 366 Å². The van der Waals surface area contributed by atoms with Gasteiger partial charge in [0, 0.05) is 68.4 Å². The standard InChI is InChI=1S/C42H51N13O5S2/c1-6-28-36(62-25(4)46-28)40(59)50-42-48-30-21-27(38(44)57)23-33(61-5)35(30)54(42)15-9-8-14-53-34-29(47-41(53)49-39(58)31-19-24(3)51-55(31)7-2)20-26(37(43)56)22-32(34)60-18-10-13-52-16-11-45-12-17-52/h8-9,19-23,45H,6-7,10-18H2,1-5H3,(H2,43,56)(H2,44,57)(H,47,49,58)(H,48,50,59)/b9-8+. The van der Waals surface area contributed by atoms with E-state index < -0.39 is 17.7 Å². The number of thiazole rings is 1. The van der Waals surface area contributed by atoms with Crippen LogP contribution in [0.3, 0.4) is 0 Å². The van der Waals surface area contributed by atoms with Crippen LogP contribution in [0.4, 0.5) is 11.9 Å². The van der Waals surface area contributed by atoms with Crippen molar-refractivity contribution in [2.75, 3.05) is 56.2 Å². The highest BCUT2D eigenvalue weighted by Crippen LogP contribution is 2.33. The Kier molecular flexibility index (Phi) is 13.7. The first kappa shape index (κ1) is 44.0. The van der Waals surface area contributed by atoms with Crippen LogP contribution in [0.15, 0.2) is 47.4 Å². The van der Waals surface area contributed by atoms with Gasteiger partial charge in [-0.3, -0.25) is 34.5 Å². The minimum absolute atomic E-state index is 0.209. The number of fused-ring (bicyclic) bond motifs is 2. The third kappa shape index (κ3) is 9.52. The van der Waals surface area contributed by atoms with Crippen molar-refractivity contribution in [3.63, 3.8) is 0 Å². The van der Waals surface area contributed by atoms with Crippen LogP contribution in [0.2, 0.25) is 0 Å². The highest BCUT2D eigenvalue weighted by atomic mass is 32.2. The zero-order valence-corrected chi connectivity index (χ0v) is 37.0. The molecule has 1 aliphatic rings. The number of benzene rings is 2. The van der Waals surface area contributed by atoms with E-state index in [1.54, 1.807) is 35.0 Å². The molecular formula is C42H51N13O5S2. The average molecular weight is 882 g/mol. The summed E-state index contributed by atoms with van der Waals surface area (Å²) in [5.74, 6) is -1.08. The Balaban J connectivity index is 1.25. The summed E-state index contributed by atoms with van der Waals surface area (Å²) in [7, 11) is 0. The molecular weight excluding hydrogens is 831 g/mol. The SMILES string of the molecule is CCc1nc(C)sc1C(=O)Nc1nc2cc(C(N)=O)cc(SC)c2n1C/C=C/Cn1c(NC(=O)c2cc(C)nn2CC)nc2cc(C(N)=O)cc(OCCCN3CCNCC3)c21. The lowest BCUT2D eigenvalue weighted by atomic mass is 10.1. The van der Waals surface area contributed by atoms with Crippen molar-refractivity contribution in [3.8, 4) is 5.75 Å². The third-order valence-corrected chi connectivity index (χ3v) is 12.2. The monoisotopic (exact) mass is 881 g/mol. The number of hydrogen-bond donors (Lipinski definition) is 5. The summed E-state index contributed by atoms with van der Waals surface area (Å²) in [5.41, 5.74) is 15.9. The Morgan fingerprint density at radius 2 is 1.50 bits per heavy atom. The van der Waals surface area contributed by atoms with Crippen molar-refractivity contribution >= 4 is 80.7 Å². The molecule has 7 N–H and O–H groups in total. The highest BCUT2D eigenvalue weighted by molar-refractivity contribution is 7.98. The number of carbonyl (C=O) groups excluding carboxylic acids is 4. The number of primary amides is 2. The van der Waals surface area contributed by atoms with E-state index >= 15 is 0 Å². The van der Waals surface area contributed by atoms with Gasteiger partial charge in [-0.25, -0.2) is 15.0 Å². The first-order valence-electron chi connectivity index (χ1n) is 20.4. The Morgan fingerprint density at radius 1 is 0.871 bits per heavy atom. The van der Waals surface area contributed by atoms with E-state index in [1.807, 2.05) is 55.2 Å². The van der Waals surface area contributed by atoms with E-state index in [4.69, 9.17) is 26.2 Å². The zero-order chi connectivity index (χ0) is 44.1. The van der Waals surface area contributed by atoms with Gasteiger partial charge in [-0.2, -0.15) is 5.10 Å². The molecule has 18 nitrogen and oxygen atoms in total. The van der Waals surface area contributed by atoms with Crippen molar-refractivity contribution in [2.24, 2.45) is 11.5 Å². The maximum atomic E-state index is 13.8. The van der Waals surface area contributed by atoms with E-state index in [1.165, 1.54) is 23.1 Å². The second-order valence-corrected chi connectivity index (χ2v) is 16.8. The molecule has 7 rings (SSSR count). The number of nitrogens with one attached hydrogen (secondary N) is 3. The lowest BCUT2D eigenvalue weighted by Crippen LogP contribution is -2.43. The quantitative estimate of drug-likeness (QED) is 0.0453. The van der Waals surface area contributed by atoms with Crippen molar-refractivity contribution < 1.29 is 23.9 Å². The van der Waals surface area contributed by atoms with Crippen molar-refractivity contribution in [3.05, 3.63) is 80.6 Å². The van der Waals surface area contributed by atoms with E-state index in [0.29, 0.717) is 74.9 Å². The number of rotatable bonds is 18. The molecule has 326 valence electrons. The molecule has 1 saturated heterocycles. The molecule has 4 amide bonds. The molecule has 0 radical (unpaired) electrons. The molecule has 0 aliphatic carbocycles. The van der Waals surface area contributed by atoms with Gasteiger partial charge in [-0.15, -0.1) is 23.1 Å². The second kappa shape index (κ2) is 19.3. The minimum atomic E-state index is -0.640. The largest absolute Gasteiger partial charge is 0.491 e. The maximum Gasteiger partial charge on any atom is 0.276 e. The van der Waals surface area contributed by atoms with E-state index in [2.05, 4.69) is 30.9 Å².